The minimum absolute atomic E-state index is 0.119. The number of ether oxygens (including phenoxy) is 1. The van der Waals surface area contributed by atoms with E-state index < -0.39 is 0 Å². The molecule has 4 nitrogen and oxygen atoms in total. The molecule has 0 aromatic rings. The molecule has 0 amide bonds. The Morgan fingerprint density at radius 1 is 1.44 bits per heavy atom. The highest BCUT2D eigenvalue weighted by Crippen LogP contribution is 2.34. The molecule has 0 aromatic carbocycles. The molecule has 2 unspecified atom stereocenters. The first-order chi connectivity index (χ1) is 8.60. The van der Waals surface area contributed by atoms with Crippen LogP contribution in [0.15, 0.2) is 0 Å². The first-order valence-corrected chi connectivity index (χ1v) is 7.20. The summed E-state index contributed by atoms with van der Waals surface area (Å²) in [6.07, 6.45) is 3.54. The Morgan fingerprint density at radius 2 is 2.11 bits per heavy atom. The third kappa shape index (κ3) is 4.94. The van der Waals surface area contributed by atoms with Crippen molar-refractivity contribution in [3.63, 3.8) is 0 Å². The van der Waals surface area contributed by atoms with E-state index in [1.165, 1.54) is 12.8 Å². The summed E-state index contributed by atoms with van der Waals surface area (Å²) in [6.45, 7) is 8.34. The van der Waals surface area contributed by atoms with Gasteiger partial charge in [0, 0.05) is 12.6 Å². The maximum absolute atomic E-state index is 11.8. The number of carbonyl (C=O) groups is 1. The van der Waals surface area contributed by atoms with Crippen molar-refractivity contribution in [2.45, 2.75) is 52.1 Å². The molecule has 0 saturated heterocycles. The third-order valence-electron chi connectivity index (χ3n) is 3.79. The zero-order chi connectivity index (χ0) is 13.5. The van der Waals surface area contributed by atoms with Crippen LogP contribution in [0.5, 0.6) is 0 Å². The second kappa shape index (κ2) is 7.74. The zero-order valence-corrected chi connectivity index (χ0v) is 12.2. The van der Waals surface area contributed by atoms with Crippen LogP contribution in [0, 0.1) is 5.92 Å². The fourth-order valence-corrected chi connectivity index (χ4v) is 2.27. The van der Waals surface area contributed by atoms with E-state index in [9.17, 15) is 4.79 Å². The molecule has 18 heavy (non-hydrogen) atoms. The summed E-state index contributed by atoms with van der Waals surface area (Å²) >= 11 is 0. The number of likely N-dealkylation sites (N-methyl/N-ethyl adjacent to an activating group) is 1. The van der Waals surface area contributed by atoms with Gasteiger partial charge in [-0.25, -0.2) is 0 Å². The molecule has 1 rings (SSSR count). The van der Waals surface area contributed by atoms with Crippen LogP contribution in [0.4, 0.5) is 0 Å². The average molecular weight is 256 g/mol. The molecule has 0 bridgehead atoms. The molecular formula is C14H28N2O2. The number of nitrogens with zero attached hydrogens (tertiary/aromatic N) is 1. The molecule has 0 heterocycles. The quantitative estimate of drug-likeness (QED) is 0.637. The monoisotopic (exact) mass is 256 g/mol. The molecule has 1 fully saturated rings. The van der Waals surface area contributed by atoms with Gasteiger partial charge >= 0.3 is 5.97 Å². The van der Waals surface area contributed by atoms with E-state index in [4.69, 9.17) is 4.74 Å². The van der Waals surface area contributed by atoms with Gasteiger partial charge in [-0.05, 0) is 52.6 Å². The first-order valence-electron chi connectivity index (χ1n) is 7.20. The molecule has 4 heteroatoms. The zero-order valence-electron chi connectivity index (χ0n) is 12.2. The Labute approximate surface area is 111 Å². The van der Waals surface area contributed by atoms with Gasteiger partial charge in [-0.15, -0.1) is 0 Å². The van der Waals surface area contributed by atoms with Crippen LogP contribution >= 0.6 is 0 Å². The van der Waals surface area contributed by atoms with E-state index in [1.54, 1.807) is 0 Å². The lowest BCUT2D eigenvalue weighted by molar-refractivity contribution is -0.145. The Balaban J connectivity index is 2.33. The number of rotatable bonds is 9. The van der Waals surface area contributed by atoms with Gasteiger partial charge in [0.15, 0.2) is 0 Å². The van der Waals surface area contributed by atoms with Crippen molar-refractivity contribution in [3.05, 3.63) is 0 Å². The van der Waals surface area contributed by atoms with Crippen molar-refractivity contribution in [2.75, 3.05) is 26.7 Å². The molecule has 0 aromatic heterocycles. The summed E-state index contributed by atoms with van der Waals surface area (Å²) in [7, 11) is 2.15. The van der Waals surface area contributed by atoms with E-state index >= 15 is 0 Å². The van der Waals surface area contributed by atoms with Gasteiger partial charge in [0.2, 0.25) is 0 Å². The summed E-state index contributed by atoms with van der Waals surface area (Å²) in [4.78, 5) is 14.1. The summed E-state index contributed by atoms with van der Waals surface area (Å²) in [5.41, 5.74) is 0. The number of hydrogen-bond acceptors (Lipinski definition) is 4. The van der Waals surface area contributed by atoms with Crippen LogP contribution in [-0.4, -0.2) is 49.7 Å². The molecule has 0 aliphatic heterocycles. The Bertz CT molecular complexity index is 254. The van der Waals surface area contributed by atoms with Gasteiger partial charge in [0.1, 0.15) is 6.04 Å². The molecule has 1 N–H and O–H groups in total. The van der Waals surface area contributed by atoms with Crippen LogP contribution in [0.2, 0.25) is 0 Å². The standard InChI is InChI=1S/C14H28N2O2/c1-5-15-13(14(17)18-6-2)9-10-16(4)11(3)12-7-8-12/h11-13,15H,5-10H2,1-4H3. The summed E-state index contributed by atoms with van der Waals surface area (Å²) in [6, 6.07) is 0.471. The highest BCUT2D eigenvalue weighted by molar-refractivity contribution is 5.75. The highest BCUT2D eigenvalue weighted by Gasteiger charge is 2.30. The van der Waals surface area contributed by atoms with Gasteiger partial charge in [0.05, 0.1) is 6.61 Å². The molecule has 0 radical (unpaired) electrons. The molecule has 1 saturated carbocycles. The number of carbonyl (C=O) groups excluding carboxylic acids is 1. The van der Waals surface area contributed by atoms with Gasteiger partial charge in [-0.2, -0.15) is 0 Å². The maximum Gasteiger partial charge on any atom is 0.323 e. The normalized spacial score (nSPS) is 18.7. The van der Waals surface area contributed by atoms with Crippen molar-refractivity contribution < 1.29 is 9.53 Å². The van der Waals surface area contributed by atoms with Crippen molar-refractivity contribution in [2.24, 2.45) is 5.92 Å². The van der Waals surface area contributed by atoms with E-state index in [-0.39, 0.29) is 12.0 Å². The summed E-state index contributed by atoms with van der Waals surface area (Å²) in [5, 5.41) is 3.21. The number of hydrogen-bond donors (Lipinski definition) is 1. The predicted octanol–water partition coefficient (Wildman–Crippen LogP) is 1.65. The second-order valence-corrected chi connectivity index (χ2v) is 5.21. The first kappa shape index (κ1) is 15.4. The molecule has 1 aliphatic rings. The molecule has 2 atom stereocenters. The van der Waals surface area contributed by atoms with Gasteiger partial charge in [-0.3, -0.25) is 4.79 Å². The lowest BCUT2D eigenvalue weighted by Gasteiger charge is -2.26. The third-order valence-corrected chi connectivity index (χ3v) is 3.79. The Kier molecular flexibility index (Phi) is 6.65. The minimum Gasteiger partial charge on any atom is -0.465 e. The smallest absolute Gasteiger partial charge is 0.323 e. The van der Waals surface area contributed by atoms with Crippen molar-refractivity contribution >= 4 is 5.97 Å². The van der Waals surface area contributed by atoms with E-state index in [2.05, 4.69) is 24.2 Å². The van der Waals surface area contributed by atoms with Crippen LogP contribution in [0.1, 0.15) is 40.0 Å². The van der Waals surface area contributed by atoms with Crippen molar-refractivity contribution in [1.82, 2.24) is 10.2 Å². The summed E-state index contributed by atoms with van der Waals surface area (Å²) < 4.78 is 5.09. The molecular weight excluding hydrogens is 228 g/mol. The Morgan fingerprint density at radius 3 is 2.61 bits per heavy atom. The lowest BCUT2D eigenvalue weighted by Crippen LogP contribution is -2.42. The Hall–Kier alpha value is -0.610. The minimum atomic E-state index is -0.163. The number of nitrogens with one attached hydrogen (secondary N) is 1. The van der Waals surface area contributed by atoms with Crippen molar-refractivity contribution in [3.8, 4) is 0 Å². The fraction of sp³-hybridized carbons (Fsp3) is 0.929. The molecule has 106 valence electrons. The topological polar surface area (TPSA) is 41.6 Å². The van der Waals surface area contributed by atoms with Crippen LogP contribution in [0.25, 0.3) is 0 Å². The van der Waals surface area contributed by atoms with Gasteiger partial charge in [0.25, 0.3) is 0 Å². The van der Waals surface area contributed by atoms with E-state index in [0.29, 0.717) is 12.6 Å². The van der Waals surface area contributed by atoms with Crippen LogP contribution in [0.3, 0.4) is 0 Å². The van der Waals surface area contributed by atoms with Crippen LogP contribution < -0.4 is 5.32 Å². The van der Waals surface area contributed by atoms with Gasteiger partial charge in [-0.1, -0.05) is 6.92 Å². The SMILES string of the molecule is CCNC(CCN(C)C(C)C1CC1)C(=O)OCC. The van der Waals surface area contributed by atoms with E-state index in [1.807, 2.05) is 13.8 Å². The van der Waals surface area contributed by atoms with Gasteiger partial charge < -0.3 is 15.0 Å². The highest BCUT2D eigenvalue weighted by atomic mass is 16.5. The second-order valence-electron chi connectivity index (χ2n) is 5.21. The fourth-order valence-electron chi connectivity index (χ4n) is 2.27. The van der Waals surface area contributed by atoms with E-state index in [0.717, 1.165) is 25.4 Å². The predicted molar refractivity (Wildman–Crippen MR) is 73.5 cm³/mol. The summed E-state index contributed by atoms with van der Waals surface area (Å²) in [5.74, 6) is 0.752. The van der Waals surface area contributed by atoms with Crippen LogP contribution in [-0.2, 0) is 9.53 Å². The average Bonchev–Trinajstić information content (AvgIpc) is 3.17. The molecule has 0 spiro atoms. The largest absolute Gasteiger partial charge is 0.465 e. The maximum atomic E-state index is 11.8. The number of esters is 1. The lowest BCUT2D eigenvalue weighted by atomic mass is 10.1. The molecule has 1 aliphatic carbocycles. The van der Waals surface area contributed by atoms with Crippen molar-refractivity contribution in [1.29, 1.82) is 0 Å².